The number of aromatic nitrogens is 4. The second-order valence-corrected chi connectivity index (χ2v) is 10.6. The minimum Gasteiger partial charge on any atom is -0.383 e. The zero-order chi connectivity index (χ0) is 30.8. The number of hydrogen-bond acceptors (Lipinski definition) is 6. The van der Waals surface area contributed by atoms with Crippen molar-refractivity contribution in [2.75, 3.05) is 25.6 Å². The topological polar surface area (TPSA) is 81.9 Å². The number of fused-ring (bicyclic) bond motifs is 1. The number of hydrogen-bond donors (Lipinski definition) is 1. The van der Waals surface area contributed by atoms with Gasteiger partial charge in [-0.2, -0.15) is 13.9 Å². The standard InChI is InChI=1S/C26H24BrF8N5O2/c1-42-5-4-36-24-37-11-18(27)20(38-24)14(6-13-7-15(28)10-16(29)8-13)9-17(41)12-40-22-19(21(39-40)23(30)31)25(32,33)2-3-26(22,34)35/h7-8,10-11,14,23H,2-6,9,12H2,1H3,(H,36,37,38)/t14-/m1/s1. The molecule has 2 heterocycles. The second-order valence-electron chi connectivity index (χ2n) is 9.74. The number of carbonyl (C=O) groups excluding carboxylic acids is 1. The summed E-state index contributed by atoms with van der Waals surface area (Å²) in [4.78, 5) is 21.7. The van der Waals surface area contributed by atoms with Gasteiger partial charge in [0.25, 0.3) is 18.3 Å². The van der Waals surface area contributed by atoms with E-state index in [1.54, 1.807) is 0 Å². The Morgan fingerprint density at radius 1 is 1.10 bits per heavy atom. The number of anilines is 1. The van der Waals surface area contributed by atoms with Crippen LogP contribution in [0.25, 0.3) is 0 Å². The summed E-state index contributed by atoms with van der Waals surface area (Å²) >= 11 is 3.29. The van der Waals surface area contributed by atoms with Gasteiger partial charge in [-0.05, 0) is 40.0 Å². The molecule has 0 saturated heterocycles. The molecule has 0 amide bonds. The van der Waals surface area contributed by atoms with Gasteiger partial charge in [-0.25, -0.2) is 36.3 Å². The van der Waals surface area contributed by atoms with Gasteiger partial charge in [0.05, 0.1) is 22.3 Å². The lowest BCUT2D eigenvalue weighted by molar-refractivity contribution is -0.121. The molecule has 1 atom stereocenters. The van der Waals surface area contributed by atoms with Crippen LogP contribution >= 0.6 is 15.9 Å². The van der Waals surface area contributed by atoms with Gasteiger partial charge in [0, 0.05) is 51.1 Å². The van der Waals surface area contributed by atoms with E-state index in [0.717, 1.165) is 12.1 Å². The number of nitrogens with one attached hydrogen (secondary N) is 1. The third-order valence-corrected chi connectivity index (χ3v) is 7.21. The molecule has 0 spiro atoms. The lowest BCUT2D eigenvalue weighted by atomic mass is 9.88. The van der Waals surface area contributed by atoms with E-state index >= 15 is 0 Å². The van der Waals surface area contributed by atoms with Crippen molar-refractivity contribution >= 4 is 27.7 Å². The first-order chi connectivity index (χ1) is 19.7. The summed E-state index contributed by atoms with van der Waals surface area (Å²) in [6, 6.07) is 2.73. The predicted molar refractivity (Wildman–Crippen MR) is 137 cm³/mol. The van der Waals surface area contributed by atoms with Gasteiger partial charge in [-0.3, -0.25) is 9.48 Å². The predicted octanol–water partition coefficient (Wildman–Crippen LogP) is 6.67. The molecule has 1 aliphatic rings. The maximum atomic E-state index is 14.8. The molecule has 1 N–H and O–H groups in total. The number of ether oxygens (including phenoxy) is 1. The molecule has 3 aromatic rings. The molecule has 0 bridgehead atoms. The molecule has 16 heteroatoms. The summed E-state index contributed by atoms with van der Waals surface area (Å²) in [7, 11) is 1.48. The number of halogens is 9. The first-order valence-electron chi connectivity index (χ1n) is 12.6. The van der Waals surface area contributed by atoms with Gasteiger partial charge in [0.1, 0.15) is 29.6 Å². The summed E-state index contributed by atoms with van der Waals surface area (Å²) < 4.78 is 119. The number of methoxy groups -OCH3 is 1. The zero-order valence-electron chi connectivity index (χ0n) is 21.9. The molecule has 7 nitrogen and oxygen atoms in total. The van der Waals surface area contributed by atoms with Crippen LogP contribution in [0.15, 0.2) is 28.9 Å². The summed E-state index contributed by atoms with van der Waals surface area (Å²) in [6.45, 7) is -0.417. The number of nitrogens with zero attached hydrogens (tertiary/aromatic N) is 4. The Kier molecular flexibility index (Phi) is 9.55. The van der Waals surface area contributed by atoms with Gasteiger partial charge < -0.3 is 10.1 Å². The molecule has 42 heavy (non-hydrogen) atoms. The quantitative estimate of drug-likeness (QED) is 0.171. The molecule has 0 radical (unpaired) electrons. The Morgan fingerprint density at radius 3 is 2.40 bits per heavy atom. The second kappa shape index (κ2) is 12.6. The largest absolute Gasteiger partial charge is 0.383 e. The Labute approximate surface area is 242 Å². The van der Waals surface area contributed by atoms with Gasteiger partial charge in [-0.15, -0.1) is 0 Å². The van der Waals surface area contributed by atoms with Crippen molar-refractivity contribution in [3.63, 3.8) is 0 Å². The number of ketones is 1. The summed E-state index contributed by atoms with van der Waals surface area (Å²) in [5.74, 6) is -11.4. The summed E-state index contributed by atoms with van der Waals surface area (Å²) in [6.07, 6.45) is -5.58. The highest BCUT2D eigenvalue weighted by molar-refractivity contribution is 9.10. The summed E-state index contributed by atoms with van der Waals surface area (Å²) in [5, 5.41) is 6.21. The maximum absolute atomic E-state index is 14.8. The van der Waals surface area contributed by atoms with E-state index in [1.165, 1.54) is 13.3 Å². The van der Waals surface area contributed by atoms with Gasteiger partial charge in [0.15, 0.2) is 5.78 Å². The average molecular weight is 670 g/mol. The molecule has 2 aromatic heterocycles. The third kappa shape index (κ3) is 7.07. The molecule has 0 unspecified atom stereocenters. The van der Waals surface area contributed by atoms with Gasteiger partial charge >= 0.3 is 0 Å². The van der Waals surface area contributed by atoms with Gasteiger partial charge in [-0.1, -0.05) is 0 Å². The fourth-order valence-electron chi connectivity index (χ4n) is 4.84. The van der Waals surface area contributed by atoms with Crippen LogP contribution in [0.4, 0.5) is 41.1 Å². The van der Waals surface area contributed by atoms with Crippen LogP contribution in [0.5, 0.6) is 0 Å². The van der Waals surface area contributed by atoms with E-state index < -0.39 is 84.4 Å². The highest BCUT2D eigenvalue weighted by atomic mass is 79.9. The number of alkyl halides is 6. The minimum atomic E-state index is -3.99. The van der Waals surface area contributed by atoms with Crippen molar-refractivity contribution < 1.29 is 44.7 Å². The molecular formula is C26H24BrF8N5O2. The lowest BCUT2D eigenvalue weighted by Crippen LogP contribution is -2.33. The van der Waals surface area contributed by atoms with Crippen molar-refractivity contribution in [1.29, 1.82) is 0 Å². The van der Waals surface area contributed by atoms with Crippen LogP contribution in [-0.2, 0) is 34.3 Å². The average Bonchev–Trinajstić information content (AvgIpc) is 3.29. The SMILES string of the molecule is COCCNc1ncc(Br)c([C@@H](CC(=O)Cn2nc(C(F)F)c3c2C(F)(F)CCC3(F)F)Cc2cc(F)cc(F)c2)n1. The molecule has 0 aliphatic heterocycles. The van der Waals surface area contributed by atoms with E-state index in [1.807, 2.05) is 0 Å². The highest BCUT2D eigenvalue weighted by Crippen LogP contribution is 2.52. The normalized spacial score (nSPS) is 16.4. The van der Waals surface area contributed by atoms with Crippen LogP contribution in [0.3, 0.4) is 0 Å². The van der Waals surface area contributed by atoms with Crippen LogP contribution in [0.1, 0.15) is 59.8 Å². The van der Waals surface area contributed by atoms with Crippen molar-refractivity contribution in [3.8, 4) is 0 Å². The Hall–Kier alpha value is -3.14. The van der Waals surface area contributed by atoms with Gasteiger partial charge in [0.2, 0.25) is 5.95 Å². The fourth-order valence-corrected chi connectivity index (χ4v) is 5.35. The Balaban J connectivity index is 1.69. The van der Waals surface area contributed by atoms with Crippen LogP contribution in [0.2, 0.25) is 0 Å². The molecule has 1 aliphatic carbocycles. The molecule has 0 fully saturated rings. The van der Waals surface area contributed by atoms with Crippen molar-refractivity contribution in [2.24, 2.45) is 0 Å². The number of Topliss-reactive ketones (excluding diaryl/α,β-unsaturated/α-hetero) is 1. The van der Waals surface area contributed by atoms with Crippen molar-refractivity contribution in [3.05, 3.63) is 68.7 Å². The molecular weight excluding hydrogens is 646 g/mol. The lowest BCUT2D eigenvalue weighted by Gasteiger charge is -2.29. The minimum absolute atomic E-state index is 0.123. The highest BCUT2D eigenvalue weighted by Gasteiger charge is 2.55. The van der Waals surface area contributed by atoms with Crippen LogP contribution in [-0.4, -0.2) is 45.8 Å². The Bertz CT molecular complexity index is 1430. The molecule has 1 aromatic carbocycles. The van der Waals surface area contributed by atoms with E-state index in [2.05, 4.69) is 36.3 Å². The van der Waals surface area contributed by atoms with Crippen LogP contribution in [0, 0.1) is 11.6 Å². The third-order valence-electron chi connectivity index (χ3n) is 6.60. The van der Waals surface area contributed by atoms with E-state index in [4.69, 9.17) is 4.74 Å². The smallest absolute Gasteiger partial charge is 0.290 e. The van der Waals surface area contributed by atoms with Crippen molar-refractivity contribution in [1.82, 2.24) is 19.7 Å². The first kappa shape index (κ1) is 31.8. The van der Waals surface area contributed by atoms with E-state index in [0.29, 0.717) is 23.7 Å². The molecule has 0 saturated carbocycles. The Morgan fingerprint density at radius 2 is 1.76 bits per heavy atom. The summed E-state index contributed by atoms with van der Waals surface area (Å²) in [5.41, 5.74) is -4.18. The fraction of sp³-hybridized carbons (Fsp3) is 0.462. The monoisotopic (exact) mass is 669 g/mol. The van der Waals surface area contributed by atoms with Crippen molar-refractivity contribution in [2.45, 2.75) is 56.4 Å². The van der Waals surface area contributed by atoms with E-state index in [9.17, 15) is 39.9 Å². The number of rotatable bonds is 12. The number of benzene rings is 1. The molecule has 4 rings (SSSR count). The van der Waals surface area contributed by atoms with E-state index in [-0.39, 0.29) is 28.3 Å². The first-order valence-corrected chi connectivity index (χ1v) is 13.4. The maximum Gasteiger partial charge on any atom is 0.290 e. The van der Waals surface area contributed by atoms with Crippen LogP contribution < -0.4 is 5.32 Å². The number of carbonyl (C=O) groups is 1. The zero-order valence-corrected chi connectivity index (χ0v) is 23.5. The molecule has 228 valence electrons.